The SMILES string of the molecule is OB1c2ccccc2Sc2ccccc21. The molecule has 2 aromatic carbocycles. The van der Waals surface area contributed by atoms with Gasteiger partial charge in [0.2, 0.25) is 0 Å². The first kappa shape index (κ1) is 9.07. The predicted octanol–water partition coefficient (Wildman–Crippen LogP) is 1.25. The van der Waals surface area contributed by atoms with Crippen LogP contribution in [0.15, 0.2) is 58.3 Å². The van der Waals surface area contributed by atoms with E-state index in [9.17, 15) is 5.02 Å². The summed E-state index contributed by atoms with van der Waals surface area (Å²) >= 11 is 1.73. The molecule has 1 N–H and O–H groups in total. The minimum Gasteiger partial charge on any atom is -0.443 e. The number of rotatable bonds is 0. The lowest BCUT2D eigenvalue weighted by atomic mass is 9.55. The normalized spacial score (nSPS) is 13.3. The van der Waals surface area contributed by atoms with Gasteiger partial charge >= 0.3 is 6.92 Å². The fraction of sp³-hybridized carbons (Fsp3) is 0. The second-order valence-corrected chi connectivity index (χ2v) is 4.66. The number of hydrogen-bond donors (Lipinski definition) is 1. The van der Waals surface area contributed by atoms with Crippen LogP contribution in [0.3, 0.4) is 0 Å². The highest BCUT2D eigenvalue weighted by atomic mass is 32.2. The lowest BCUT2D eigenvalue weighted by Crippen LogP contribution is -2.46. The molecule has 3 heteroatoms. The summed E-state index contributed by atoms with van der Waals surface area (Å²) in [6, 6.07) is 16.0. The first-order valence-electron chi connectivity index (χ1n) is 4.90. The Bertz CT molecular complexity index is 467. The number of benzene rings is 2. The van der Waals surface area contributed by atoms with Crippen molar-refractivity contribution in [2.24, 2.45) is 0 Å². The first-order chi connectivity index (χ1) is 7.36. The Hall–Kier alpha value is -1.19. The molecule has 0 amide bonds. The average Bonchev–Trinajstić information content (AvgIpc) is 2.30. The molecule has 1 aliphatic rings. The molecule has 0 spiro atoms. The van der Waals surface area contributed by atoms with E-state index in [1.165, 1.54) is 0 Å². The summed E-state index contributed by atoms with van der Waals surface area (Å²) < 4.78 is 0. The molecule has 0 aliphatic carbocycles. The van der Waals surface area contributed by atoms with Crippen LogP contribution >= 0.6 is 11.8 Å². The van der Waals surface area contributed by atoms with E-state index in [1.807, 2.05) is 36.4 Å². The van der Waals surface area contributed by atoms with Crippen LogP contribution in [0.5, 0.6) is 0 Å². The van der Waals surface area contributed by atoms with E-state index in [0.717, 1.165) is 20.7 Å². The van der Waals surface area contributed by atoms with Crippen LogP contribution in [0.4, 0.5) is 0 Å². The molecule has 0 saturated heterocycles. The molecular weight excluding hydrogens is 203 g/mol. The van der Waals surface area contributed by atoms with E-state index in [1.54, 1.807) is 11.8 Å². The second-order valence-electron chi connectivity index (χ2n) is 3.58. The fourth-order valence-corrected chi connectivity index (χ4v) is 3.01. The molecule has 0 unspecified atom stereocenters. The maximum Gasteiger partial charge on any atom is 0.361 e. The minimum absolute atomic E-state index is 0.473. The summed E-state index contributed by atoms with van der Waals surface area (Å²) in [6.45, 7) is -0.473. The highest BCUT2D eigenvalue weighted by Crippen LogP contribution is 2.28. The van der Waals surface area contributed by atoms with Gasteiger partial charge in [-0.05, 0) is 23.1 Å². The molecular formula is C12H9BOS. The summed E-state index contributed by atoms with van der Waals surface area (Å²) in [6.07, 6.45) is 0. The van der Waals surface area contributed by atoms with Crippen LogP contribution in [0.1, 0.15) is 0 Å². The van der Waals surface area contributed by atoms with Crippen molar-refractivity contribution in [3.63, 3.8) is 0 Å². The quantitative estimate of drug-likeness (QED) is 0.663. The van der Waals surface area contributed by atoms with Crippen molar-refractivity contribution in [2.75, 3.05) is 0 Å². The summed E-state index contributed by atoms with van der Waals surface area (Å²) in [5.41, 5.74) is 2.03. The van der Waals surface area contributed by atoms with Crippen LogP contribution in [0, 0.1) is 0 Å². The maximum absolute atomic E-state index is 10.2. The van der Waals surface area contributed by atoms with Crippen molar-refractivity contribution in [1.82, 2.24) is 0 Å². The molecule has 0 fully saturated rings. The second kappa shape index (κ2) is 3.44. The van der Waals surface area contributed by atoms with Gasteiger partial charge in [-0.2, -0.15) is 0 Å². The van der Waals surface area contributed by atoms with Crippen molar-refractivity contribution in [3.8, 4) is 0 Å². The van der Waals surface area contributed by atoms with Gasteiger partial charge in [0.25, 0.3) is 0 Å². The first-order valence-corrected chi connectivity index (χ1v) is 5.71. The molecule has 3 rings (SSSR count). The van der Waals surface area contributed by atoms with Crippen LogP contribution in [0.2, 0.25) is 0 Å². The van der Waals surface area contributed by atoms with Crippen molar-refractivity contribution in [3.05, 3.63) is 48.5 Å². The van der Waals surface area contributed by atoms with E-state index in [4.69, 9.17) is 0 Å². The highest BCUT2D eigenvalue weighted by Gasteiger charge is 2.27. The van der Waals surface area contributed by atoms with Crippen molar-refractivity contribution >= 4 is 29.6 Å². The Balaban J connectivity index is 2.20. The predicted molar refractivity (Wildman–Crippen MR) is 64.2 cm³/mol. The molecule has 0 radical (unpaired) electrons. The van der Waals surface area contributed by atoms with Crippen LogP contribution < -0.4 is 10.9 Å². The zero-order chi connectivity index (χ0) is 10.3. The average molecular weight is 212 g/mol. The Kier molecular flexibility index (Phi) is 2.08. The van der Waals surface area contributed by atoms with Gasteiger partial charge in [0.05, 0.1) is 0 Å². The van der Waals surface area contributed by atoms with Crippen molar-refractivity contribution in [2.45, 2.75) is 9.79 Å². The summed E-state index contributed by atoms with van der Waals surface area (Å²) in [5, 5.41) is 10.2. The molecule has 2 aromatic rings. The Morgan fingerprint density at radius 3 is 1.80 bits per heavy atom. The third-order valence-corrected chi connectivity index (χ3v) is 3.83. The van der Waals surface area contributed by atoms with Gasteiger partial charge in [-0.1, -0.05) is 48.2 Å². The molecule has 0 aromatic heterocycles. The molecule has 1 heterocycles. The molecule has 0 atom stereocenters. The van der Waals surface area contributed by atoms with Gasteiger partial charge in [0.1, 0.15) is 0 Å². The molecule has 15 heavy (non-hydrogen) atoms. The van der Waals surface area contributed by atoms with Gasteiger partial charge in [-0.3, -0.25) is 0 Å². The van der Waals surface area contributed by atoms with E-state index in [-0.39, 0.29) is 0 Å². The number of hydrogen-bond acceptors (Lipinski definition) is 2. The standard InChI is InChI=1S/C12H9BOS/c14-13-9-5-1-3-7-11(9)15-12-8-4-2-6-10(12)13/h1-8,14H. The van der Waals surface area contributed by atoms with Crippen LogP contribution in [0.25, 0.3) is 0 Å². The third kappa shape index (κ3) is 1.39. The van der Waals surface area contributed by atoms with Gasteiger partial charge in [-0.25, -0.2) is 0 Å². The topological polar surface area (TPSA) is 20.2 Å². The maximum atomic E-state index is 10.2. The zero-order valence-corrected chi connectivity index (χ0v) is 8.87. The Labute approximate surface area is 93.3 Å². The van der Waals surface area contributed by atoms with E-state index < -0.39 is 6.92 Å². The van der Waals surface area contributed by atoms with Crippen molar-refractivity contribution < 1.29 is 5.02 Å². The lowest BCUT2D eigenvalue weighted by Gasteiger charge is -2.20. The molecule has 72 valence electrons. The highest BCUT2D eigenvalue weighted by molar-refractivity contribution is 8.00. The largest absolute Gasteiger partial charge is 0.443 e. The third-order valence-electron chi connectivity index (χ3n) is 2.65. The molecule has 0 bridgehead atoms. The Morgan fingerprint density at radius 2 is 1.27 bits per heavy atom. The molecule has 0 saturated carbocycles. The van der Waals surface area contributed by atoms with Gasteiger partial charge < -0.3 is 5.02 Å². The van der Waals surface area contributed by atoms with E-state index >= 15 is 0 Å². The minimum atomic E-state index is -0.473. The van der Waals surface area contributed by atoms with Crippen LogP contribution in [-0.2, 0) is 0 Å². The van der Waals surface area contributed by atoms with E-state index in [0.29, 0.717) is 0 Å². The lowest BCUT2D eigenvalue weighted by molar-refractivity contribution is 0.598. The Morgan fingerprint density at radius 1 is 0.800 bits per heavy atom. The monoisotopic (exact) mass is 212 g/mol. The fourth-order valence-electron chi connectivity index (χ4n) is 1.88. The van der Waals surface area contributed by atoms with Crippen LogP contribution in [-0.4, -0.2) is 11.9 Å². The smallest absolute Gasteiger partial charge is 0.361 e. The van der Waals surface area contributed by atoms with Gasteiger partial charge in [0.15, 0.2) is 0 Å². The van der Waals surface area contributed by atoms with Crippen molar-refractivity contribution in [1.29, 1.82) is 0 Å². The summed E-state index contributed by atoms with van der Waals surface area (Å²) in [4.78, 5) is 2.31. The van der Waals surface area contributed by atoms with Gasteiger partial charge in [-0.15, -0.1) is 0 Å². The summed E-state index contributed by atoms with van der Waals surface area (Å²) in [7, 11) is 0. The number of fused-ring (bicyclic) bond motifs is 2. The molecule has 1 aliphatic heterocycles. The van der Waals surface area contributed by atoms with E-state index in [2.05, 4.69) is 12.1 Å². The zero-order valence-electron chi connectivity index (χ0n) is 8.05. The summed E-state index contributed by atoms with van der Waals surface area (Å²) in [5.74, 6) is 0. The van der Waals surface area contributed by atoms with Gasteiger partial charge in [0, 0.05) is 9.79 Å². The molecule has 1 nitrogen and oxygen atoms in total.